The number of hydrogen-bond acceptors (Lipinski definition) is 3. The molecule has 6 heteroatoms. The molecule has 124 valence electrons. The molecular weight excluding hydrogens is 304 g/mol. The third-order valence-corrected chi connectivity index (χ3v) is 3.85. The van der Waals surface area contributed by atoms with Crippen molar-refractivity contribution in [3.63, 3.8) is 0 Å². The van der Waals surface area contributed by atoms with Crippen molar-refractivity contribution < 1.29 is 9.53 Å². The summed E-state index contributed by atoms with van der Waals surface area (Å²) in [5.74, 6) is 1.70. The standard InChI is InChI=1S/C18H20N4O2/c1-22-16-9-8-14(24-2)12-15(16)21-17(22)10-11-19-18(23)20-13-6-4-3-5-7-13/h3-9,12H,10-11H2,1-2H3,(H2,19,20,23). The maximum atomic E-state index is 11.9. The van der Waals surface area contributed by atoms with Crippen molar-refractivity contribution in [3.8, 4) is 5.75 Å². The molecule has 0 bridgehead atoms. The minimum atomic E-state index is -0.221. The number of aromatic nitrogens is 2. The number of nitrogens with one attached hydrogen (secondary N) is 2. The molecular formula is C18H20N4O2. The van der Waals surface area contributed by atoms with E-state index in [1.54, 1.807) is 7.11 Å². The number of amides is 2. The monoisotopic (exact) mass is 324 g/mol. The summed E-state index contributed by atoms with van der Waals surface area (Å²) < 4.78 is 7.26. The van der Waals surface area contributed by atoms with Crippen molar-refractivity contribution in [2.45, 2.75) is 6.42 Å². The highest BCUT2D eigenvalue weighted by Gasteiger charge is 2.09. The maximum Gasteiger partial charge on any atom is 0.319 e. The van der Waals surface area contributed by atoms with Gasteiger partial charge in [0.05, 0.1) is 18.1 Å². The number of aryl methyl sites for hydroxylation is 1. The molecule has 0 saturated carbocycles. The number of fused-ring (bicyclic) bond motifs is 1. The Morgan fingerprint density at radius 2 is 2.00 bits per heavy atom. The largest absolute Gasteiger partial charge is 0.497 e. The number of carbonyl (C=O) groups is 1. The number of para-hydroxylation sites is 1. The smallest absolute Gasteiger partial charge is 0.319 e. The van der Waals surface area contributed by atoms with E-state index in [0.29, 0.717) is 13.0 Å². The van der Waals surface area contributed by atoms with Crippen molar-refractivity contribution in [2.75, 3.05) is 19.0 Å². The number of hydrogen-bond donors (Lipinski definition) is 2. The number of ether oxygens (including phenoxy) is 1. The Labute approximate surface area is 140 Å². The van der Waals surface area contributed by atoms with Gasteiger partial charge in [-0.2, -0.15) is 0 Å². The van der Waals surface area contributed by atoms with Gasteiger partial charge in [-0.15, -0.1) is 0 Å². The molecule has 0 unspecified atom stereocenters. The molecule has 3 rings (SSSR count). The van der Waals surface area contributed by atoms with E-state index in [2.05, 4.69) is 15.6 Å². The highest BCUT2D eigenvalue weighted by molar-refractivity contribution is 5.89. The topological polar surface area (TPSA) is 68.2 Å². The van der Waals surface area contributed by atoms with Crippen molar-refractivity contribution in [1.29, 1.82) is 0 Å². The van der Waals surface area contributed by atoms with Gasteiger partial charge in [0, 0.05) is 31.8 Å². The van der Waals surface area contributed by atoms with Crippen LogP contribution in [-0.2, 0) is 13.5 Å². The molecule has 6 nitrogen and oxygen atoms in total. The van der Waals surface area contributed by atoms with E-state index in [9.17, 15) is 4.79 Å². The van der Waals surface area contributed by atoms with Crippen LogP contribution >= 0.6 is 0 Å². The normalized spacial score (nSPS) is 10.6. The average molecular weight is 324 g/mol. The number of methoxy groups -OCH3 is 1. The molecule has 0 spiro atoms. The Kier molecular flexibility index (Phi) is 4.65. The molecule has 0 radical (unpaired) electrons. The van der Waals surface area contributed by atoms with E-state index in [4.69, 9.17) is 4.74 Å². The van der Waals surface area contributed by atoms with Crippen LogP contribution in [0.15, 0.2) is 48.5 Å². The number of rotatable bonds is 5. The van der Waals surface area contributed by atoms with E-state index >= 15 is 0 Å². The quantitative estimate of drug-likeness (QED) is 0.758. The predicted octanol–water partition coefficient (Wildman–Crippen LogP) is 2.95. The lowest BCUT2D eigenvalue weighted by Gasteiger charge is -2.07. The molecule has 2 aromatic carbocycles. The summed E-state index contributed by atoms with van der Waals surface area (Å²) in [7, 11) is 3.61. The minimum absolute atomic E-state index is 0.221. The van der Waals surface area contributed by atoms with Crippen molar-refractivity contribution in [1.82, 2.24) is 14.9 Å². The second-order valence-corrected chi connectivity index (χ2v) is 5.44. The predicted molar refractivity (Wildman–Crippen MR) is 94.4 cm³/mol. The lowest BCUT2D eigenvalue weighted by atomic mass is 10.3. The first kappa shape index (κ1) is 15.9. The van der Waals surface area contributed by atoms with Crippen LogP contribution in [0, 0.1) is 0 Å². The summed E-state index contributed by atoms with van der Waals surface area (Å²) in [6, 6.07) is 14.9. The Morgan fingerprint density at radius 3 is 2.75 bits per heavy atom. The molecule has 0 fully saturated rings. The molecule has 0 aliphatic heterocycles. The van der Waals surface area contributed by atoms with E-state index in [-0.39, 0.29) is 6.03 Å². The average Bonchev–Trinajstić information content (AvgIpc) is 2.91. The first-order valence-corrected chi connectivity index (χ1v) is 7.76. The maximum absolute atomic E-state index is 11.9. The van der Waals surface area contributed by atoms with Crippen LogP contribution in [0.25, 0.3) is 11.0 Å². The number of benzene rings is 2. The summed E-state index contributed by atoms with van der Waals surface area (Å²) in [4.78, 5) is 16.5. The van der Waals surface area contributed by atoms with Gasteiger partial charge in [0.25, 0.3) is 0 Å². The summed E-state index contributed by atoms with van der Waals surface area (Å²) >= 11 is 0. The van der Waals surface area contributed by atoms with Crippen LogP contribution in [0.5, 0.6) is 5.75 Å². The van der Waals surface area contributed by atoms with E-state index in [0.717, 1.165) is 28.3 Å². The summed E-state index contributed by atoms with van der Waals surface area (Å²) in [5, 5.41) is 5.64. The van der Waals surface area contributed by atoms with Gasteiger partial charge >= 0.3 is 6.03 Å². The van der Waals surface area contributed by atoms with Gasteiger partial charge in [0.1, 0.15) is 11.6 Å². The van der Waals surface area contributed by atoms with E-state index < -0.39 is 0 Å². The zero-order valence-corrected chi connectivity index (χ0v) is 13.7. The SMILES string of the molecule is COc1ccc2c(c1)nc(CCNC(=O)Nc1ccccc1)n2C. The Balaban J connectivity index is 1.59. The highest BCUT2D eigenvalue weighted by Crippen LogP contribution is 2.20. The van der Waals surface area contributed by atoms with E-state index in [1.807, 2.05) is 60.1 Å². The van der Waals surface area contributed by atoms with Crippen LogP contribution in [0.3, 0.4) is 0 Å². The van der Waals surface area contributed by atoms with Crippen molar-refractivity contribution in [3.05, 3.63) is 54.4 Å². The van der Waals surface area contributed by atoms with Gasteiger partial charge in [-0.25, -0.2) is 9.78 Å². The second kappa shape index (κ2) is 7.04. The fraction of sp³-hybridized carbons (Fsp3) is 0.222. The first-order valence-electron chi connectivity index (χ1n) is 7.76. The lowest BCUT2D eigenvalue weighted by Crippen LogP contribution is -2.30. The third kappa shape index (κ3) is 3.48. The number of imidazole rings is 1. The molecule has 2 N–H and O–H groups in total. The van der Waals surface area contributed by atoms with Gasteiger partial charge in [0.2, 0.25) is 0 Å². The first-order chi connectivity index (χ1) is 11.7. The number of nitrogens with zero attached hydrogens (tertiary/aromatic N) is 2. The molecule has 3 aromatic rings. The van der Waals surface area contributed by atoms with E-state index in [1.165, 1.54) is 0 Å². The second-order valence-electron chi connectivity index (χ2n) is 5.44. The molecule has 24 heavy (non-hydrogen) atoms. The van der Waals surface area contributed by atoms with Crippen molar-refractivity contribution in [2.24, 2.45) is 7.05 Å². The molecule has 0 aliphatic carbocycles. The lowest BCUT2D eigenvalue weighted by molar-refractivity contribution is 0.252. The van der Waals surface area contributed by atoms with Gasteiger partial charge in [0.15, 0.2) is 0 Å². The third-order valence-electron chi connectivity index (χ3n) is 3.85. The van der Waals surface area contributed by atoms with Crippen LogP contribution in [0.2, 0.25) is 0 Å². The fourth-order valence-electron chi connectivity index (χ4n) is 2.56. The number of carbonyl (C=O) groups excluding carboxylic acids is 1. The minimum Gasteiger partial charge on any atom is -0.497 e. The Bertz CT molecular complexity index is 843. The van der Waals surface area contributed by atoms with Crippen molar-refractivity contribution >= 4 is 22.8 Å². The molecule has 0 aliphatic rings. The van der Waals surface area contributed by atoms with Gasteiger partial charge in [-0.05, 0) is 24.3 Å². The van der Waals surface area contributed by atoms with Gasteiger partial charge in [-0.3, -0.25) is 0 Å². The van der Waals surface area contributed by atoms with Crippen LogP contribution in [-0.4, -0.2) is 29.2 Å². The molecule has 1 heterocycles. The van der Waals surface area contributed by atoms with Crippen LogP contribution < -0.4 is 15.4 Å². The summed E-state index contributed by atoms with van der Waals surface area (Å²) in [5.41, 5.74) is 2.70. The highest BCUT2D eigenvalue weighted by atomic mass is 16.5. The van der Waals surface area contributed by atoms with Gasteiger partial charge in [-0.1, -0.05) is 18.2 Å². The Hall–Kier alpha value is -3.02. The van der Waals surface area contributed by atoms with Crippen LogP contribution in [0.1, 0.15) is 5.82 Å². The summed E-state index contributed by atoms with van der Waals surface area (Å²) in [6.07, 6.45) is 0.649. The molecule has 0 saturated heterocycles. The number of urea groups is 1. The Morgan fingerprint density at radius 1 is 1.21 bits per heavy atom. The zero-order chi connectivity index (χ0) is 16.9. The zero-order valence-electron chi connectivity index (χ0n) is 13.7. The summed E-state index contributed by atoms with van der Waals surface area (Å²) in [6.45, 7) is 0.507. The van der Waals surface area contributed by atoms with Gasteiger partial charge < -0.3 is 19.9 Å². The molecule has 2 amide bonds. The molecule has 0 atom stereocenters. The van der Waals surface area contributed by atoms with Crippen LogP contribution in [0.4, 0.5) is 10.5 Å². The fourth-order valence-corrected chi connectivity index (χ4v) is 2.56. The number of anilines is 1. The molecule has 1 aromatic heterocycles.